The minimum Gasteiger partial charge on any atom is -0.343 e. The van der Waals surface area contributed by atoms with Gasteiger partial charge in [0.25, 0.3) is 0 Å². The van der Waals surface area contributed by atoms with E-state index in [2.05, 4.69) is 32.0 Å². The summed E-state index contributed by atoms with van der Waals surface area (Å²) in [7, 11) is 0. The first-order valence-corrected chi connectivity index (χ1v) is 6.08. The number of hydrogen-bond acceptors (Lipinski definition) is 2. The maximum atomic E-state index is 5.96. The highest BCUT2D eigenvalue weighted by molar-refractivity contribution is 5.37. The van der Waals surface area contributed by atoms with E-state index in [1.165, 1.54) is 29.5 Å². The van der Waals surface area contributed by atoms with Crippen LogP contribution in [0.2, 0.25) is 0 Å². The van der Waals surface area contributed by atoms with Gasteiger partial charge in [-0.25, -0.2) is 0 Å². The summed E-state index contributed by atoms with van der Waals surface area (Å²) in [6.07, 6.45) is 2.46. The molecule has 1 heterocycles. The van der Waals surface area contributed by atoms with Crippen molar-refractivity contribution in [2.75, 3.05) is 13.2 Å². The summed E-state index contributed by atoms with van der Waals surface area (Å²) < 4.78 is 11.9. The second-order valence-corrected chi connectivity index (χ2v) is 4.89. The molecule has 0 unspecified atom stereocenters. The fourth-order valence-corrected chi connectivity index (χ4v) is 2.63. The lowest BCUT2D eigenvalue weighted by atomic mass is 9.93. The number of rotatable bonds is 2. The Labute approximate surface area is 96.6 Å². The Morgan fingerprint density at radius 3 is 2.44 bits per heavy atom. The van der Waals surface area contributed by atoms with Crippen LogP contribution in [-0.4, -0.2) is 13.2 Å². The van der Waals surface area contributed by atoms with Gasteiger partial charge in [0.2, 0.25) is 0 Å². The van der Waals surface area contributed by atoms with Crippen molar-refractivity contribution in [3.05, 3.63) is 34.9 Å². The third-order valence-electron chi connectivity index (χ3n) is 3.81. The molecule has 2 fully saturated rings. The molecule has 0 radical (unpaired) electrons. The fraction of sp³-hybridized carbons (Fsp3) is 0.571. The molecule has 0 N–H and O–H groups in total. The van der Waals surface area contributed by atoms with Crippen LogP contribution in [0.15, 0.2) is 18.2 Å². The molecular formula is C14H18O2. The molecule has 1 aliphatic carbocycles. The first-order chi connectivity index (χ1) is 7.74. The molecule has 0 atom stereocenters. The molecule has 0 aromatic heterocycles. The number of ether oxygens (including phenoxy) is 2. The second-order valence-electron chi connectivity index (χ2n) is 4.89. The van der Waals surface area contributed by atoms with Gasteiger partial charge < -0.3 is 9.47 Å². The van der Waals surface area contributed by atoms with Crippen molar-refractivity contribution >= 4 is 0 Å². The van der Waals surface area contributed by atoms with E-state index >= 15 is 0 Å². The maximum Gasteiger partial charge on any atom is 0.198 e. The van der Waals surface area contributed by atoms with Gasteiger partial charge in [-0.3, -0.25) is 0 Å². The van der Waals surface area contributed by atoms with E-state index in [0.29, 0.717) is 5.92 Å². The smallest absolute Gasteiger partial charge is 0.198 e. The quantitative estimate of drug-likeness (QED) is 0.760. The van der Waals surface area contributed by atoms with Gasteiger partial charge in [-0.15, -0.1) is 0 Å². The second kappa shape index (κ2) is 3.57. The standard InChI is InChI=1S/C14H18O2/c1-10-4-3-5-13(11(10)2)14(12-6-7-12)15-8-9-16-14/h3-5,12H,6-9H2,1-2H3. The van der Waals surface area contributed by atoms with Crippen molar-refractivity contribution in [1.29, 1.82) is 0 Å². The SMILES string of the molecule is Cc1cccc(C2(C3CC3)OCCO2)c1C. The largest absolute Gasteiger partial charge is 0.343 e. The molecule has 0 bridgehead atoms. The van der Waals surface area contributed by atoms with Gasteiger partial charge in [-0.05, 0) is 37.8 Å². The zero-order chi connectivity index (χ0) is 11.2. The lowest BCUT2D eigenvalue weighted by Crippen LogP contribution is -2.30. The van der Waals surface area contributed by atoms with Gasteiger partial charge in [-0.2, -0.15) is 0 Å². The van der Waals surface area contributed by atoms with E-state index in [9.17, 15) is 0 Å². The first kappa shape index (κ1) is 10.3. The lowest BCUT2D eigenvalue weighted by Gasteiger charge is -2.30. The van der Waals surface area contributed by atoms with E-state index in [0.717, 1.165) is 13.2 Å². The van der Waals surface area contributed by atoms with Gasteiger partial charge >= 0.3 is 0 Å². The molecule has 0 spiro atoms. The summed E-state index contributed by atoms with van der Waals surface area (Å²) >= 11 is 0. The monoisotopic (exact) mass is 218 g/mol. The predicted molar refractivity (Wildman–Crippen MR) is 62.2 cm³/mol. The van der Waals surface area contributed by atoms with Crippen molar-refractivity contribution in [2.45, 2.75) is 32.5 Å². The van der Waals surface area contributed by atoms with Crippen LogP contribution < -0.4 is 0 Å². The summed E-state index contributed by atoms with van der Waals surface area (Å²) in [6.45, 7) is 5.77. The van der Waals surface area contributed by atoms with Crippen molar-refractivity contribution in [1.82, 2.24) is 0 Å². The summed E-state index contributed by atoms with van der Waals surface area (Å²) in [5.74, 6) is 0.145. The Kier molecular flexibility index (Phi) is 2.30. The molecule has 86 valence electrons. The molecular weight excluding hydrogens is 200 g/mol. The van der Waals surface area contributed by atoms with Crippen molar-refractivity contribution < 1.29 is 9.47 Å². The minimum atomic E-state index is -0.421. The molecule has 3 rings (SSSR count). The van der Waals surface area contributed by atoms with E-state index in [1.807, 2.05) is 0 Å². The zero-order valence-corrected chi connectivity index (χ0v) is 9.95. The normalized spacial score (nSPS) is 23.6. The van der Waals surface area contributed by atoms with Crippen LogP contribution in [0.4, 0.5) is 0 Å². The molecule has 0 amide bonds. The Morgan fingerprint density at radius 2 is 1.81 bits per heavy atom. The van der Waals surface area contributed by atoms with Gasteiger partial charge in [0.1, 0.15) is 0 Å². The van der Waals surface area contributed by atoms with Crippen molar-refractivity contribution in [3.8, 4) is 0 Å². The molecule has 2 aliphatic rings. The summed E-state index contributed by atoms with van der Waals surface area (Å²) in [5.41, 5.74) is 3.88. The topological polar surface area (TPSA) is 18.5 Å². The molecule has 1 aromatic rings. The Bertz CT molecular complexity index is 401. The van der Waals surface area contributed by atoms with E-state index in [-0.39, 0.29) is 0 Å². The average molecular weight is 218 g/mol. The molecule has 2 nitrogen and oxygen atoms in total. The molecule has 1 aliphatic heterocycles. The van der Waals surface area contributed by atoms with Gasteiger partial charge in [0, 0.05) is 11.5 Å². The summed E-state index contributed by atoms with van der Waals surface area (Å²) in [6, 6.07) is 6.41. The van der Waals surface area contributed by atoms with Crippen LogP contribution in [0.5, 0.6) is 0 Å². The zero-order valence-electron chi connectivity index (χ0n) is 9.95. The minimum absolute atomic E-state index is 0.421. The van der Waals surface area contributed by atoms with E-state index in [1.54, 1.807) is 0 Å². The van der Waals surface area contributed by atoms with Crippen molar-refractivity contribution in [2.24, 2.45) is 5.92 Å². The molecule has 1 saturated carbocycles. The Morgan fingerprint density at radius 1 is 1.12 bits per heavy atom. The van der Waals surface area contributed by atoms with E-state index in [4.69, 9.17) is 9.47 Å². The Hall–Kier alpha value is -0.860. The number of benzene rings is 1. The molecule has 16 heavy (non-hydrogen) atoms. The number of hydrogen-bond donors (Lipinski definition) is 0. The summed E-state index contributed by atoms with van der Waals surface area (Å²) in [4.78, 5) is 0. The number of aryl methyl sites for hydroxylation is 1. The molecule has 1 aromatic carbocycles. The highest BCUT2D eigenvalue weighted by Gasteiger charge is 2.52. The highest BCUT2D eigenvalue weighted by atomic mass is 16.7. The summed E-state index contributed by atoms with van der Waals surface area (Å²) in [5, 5.41) is 0. The van der Waals surface area contributed by atoms with Crippen LogP contribution in [0.25, 0.3) is 0 Å². The predicted octanol–water partition coefficient (Wildman–Crippen LogP) is 2.91. The third kappa shape index (κ3) is 1.40. The fourth-order valence-electron chi connectivity index (χ4n) is 2.63. The van der Waals surface area contributed by atoms with Gasteiger partial charge in [0.15, 0.2) is 5.79 Å². The van der Waals surface area contributed by atoms with Gasteiger partial charge in [-0.1, -0.05) is 18.2 Å². The van der Waals surface area contributed by atoms with Gasteiger partial charge in [0.05, 0.1) is 13.2 Å². The van der Waals surface area contributed by atoms with E-state index < -0.39 is 5.79 Å². The van der Waals surface area contributed by atoms with Crippen LogP contribution >= 0.6 is 0 Å². The van der Waals surface area contributed by atoms with Crippen LogP contribution in [-0.2, 0) is 15.3 Å². The Balaban J connectivity index is 2.08. The lowest BCUT2D eigenvalue weighted by molar-refractivity contribution is -0.182. The molecule has 2 heteroatoms. The average Bonchev–Trinajstić information content (AvgIpc) is 3.03. The van der Waals surface area contributed by atoms with Crippen LogP contribution in [0.1, 0.15) is 29.5 Å². The highest BCUT2D eigenvalue weighted by Crippen LogP contribution is 2.51. The molecule has 1 saturated heterocycles. The maximum absolute atomic E-state index is 5.96. The van der Waals surface area contributed by atoms with Crippen molar-refractivity contribution in [3.63, 3.8) is 0 Å². The van der Waals surface area contributed by atoms with Crippen LogP contribution in [0.3, 0.4) is 0 Å². The van der Waals surface area contributed by atoms with Crippen LogP contribution in [0, 0.1) is 19.8 Å². The third-order valence-corrected chi connectivity index (χ3v) is 3.81. The first-order valence-electron chi connectivity index (χ1n) is 6.08.